The molecule has 0 saturated heterocycles. The summed E-state index contributed by atoms with van der Waals surface area (Å²) in [5.41, 5.74) is 2.39. The number of aryl methyl sites for hydroxylation is 1. The largest absolute Gasteiger partial charge is 0.219 e. The van der Waals surface area contributed by atoms with Crippen LogP contribution >= 0.6 is 12.6 Å². The van der Waals surface area contributed by atoms with E-state index in [4.69, 9.17) is 0 Å². The van der Waals surface area contributed by atoms with Gasteiger partial charge in [0.1, 0.15) is 0 Å². The number of hydrogen-bond donors (Lipinski definition) is 1. The molecule has 4 heteroatoms. The monoisotopic (exact) mass is 226 g/mol. The first-order valence-corrected chi connectivity index (χ1v) is 6.40. The molecule has 0 radical (unpaired) electrons. The zero-order valence-corrected chi connectivity index (χ0v) is 9.40. The van der Waals surface area contributed by atoms with Crippen molar-refractivity contribution in [2.75, 3.05) is 5.75 Å². The lowest BCUT2D eigenvalue weighted by atomic mass is 10.1. The highest BCUT2D eigenvalue weighted by molar-refractivity contribution is 7.95. The zero-order chi connectivity index (χ0) is 10.3. The highest BCUT2D eigenvalue weighted by atomic mass is 32.2. The normalized spacial score (nSPS) is 17.7. The summed E-state index contributed by atoms with van der Waals surface area (Å²) in [5, 5.41) is 1.32. The van der Waals surface area contributed by atoms with E-state index in [1.54, 1.807) is 0 Å². The molecule has 0 fully saturated rings. The van der Waals surface area contributed by atoms with Gasteiger partial charge in [-0.1, -0.05) is 18.2 Å². The summed E-state index contributed by atoms with van der Waals surface area (Å²) < 4.78 is 23.5. The van der Waals surface area contributed by atoms with E-state index in [1.165, 1.54) is 5.41 Å². The second-order valence-electron chi connectivity index (χ2n) is 3.30. The Balaban J connectivity index is 2.82. The molecule has 1 heterocycles. The van der Waals surface area contributed by atoms with Crippen molar-refractivity contribution in [2.24, 2.45) is 0 Å². The van der Waals surface area contributed by atoms with Gasteiger partial charge < -0.3 is 0 Å². The number of rotatable bonds is 1. The molecule has 2 rings (SSSR count). The van der Waals surface area contributed by atoms with Crippen molar-refractivity contribution in [1.82, 2.24) is 0 Å². The molecule has 1 aliphatic rings. The van der Waals surface area contributed by atoms with Crippen LogP contribution in [0.25, 0.3) is 5.57 Å². The van der Waals surface area contributed by atoms with Crippen LogP contribution in [0.2, 0.25) is 0 Å². The third-order valence-electron chi connectivity index (χ3n) is 2.31. The SMILES string of the molecule is Cc1cccc2c1S(=O)(=O)C=C2CS. The maximum Gasteiger partial charge on any atom is 0.201 e. The van der Waals surface area contributed by atoms with E-state index in [-0.39, 0.29) is 0 Å². The molecule has 0 N–H and O–H groups in total. The van der Waals surface area contributed by atoms with Crippen LogP contribution in [0.5, 0.6) is 0 Å². The van der Waals surface area contributed by atoms with Gasteiger partial charge in [0.05, 0.1) is 4.90 Å². The van der Waals surface area contributed by atoms with E-state index in [0.717, 1.165) is 16.7 Å². The summed E-state index contributed by atoms with van der Waals surface area (Å²) >= 11 is 4.12. The maximum absolute atomic E-state index is 11.7. The summed E-state index contributed by atoms with van der Waals surface area (Å²) in [5.74, 6) is 0.454. The molecule has 0 spiro atoms. The van der Waals surface area contributed by atoms with Crippen LogP contribution < -0.4 is 0 Å². The number of thiol groups is 1. The molecule has 0 amide bonds. The predicted octanol–water partition coefficient (Wildman–Crippen LogP) is 2.05. The summed E-state index contributed by atoms with van der Waals surface area (Å²) in [6, 6.07) is 5.51. The molecule has 1 aliphatic heterocycles. The van der Waals surface area contributed by atoms with Crippen LogP contribution in [0.4, 0.5) is 0 Å². The molecule has 0 saturated carbocycles. The minimum absolute atomic E-state index is 0.448. The molecule has 1 aromatic rings. The Morgan fingerprint density at radius 2 is 2.07 bits per heavy atom. The van der Waals surface area contributed by atoms with Crippen molar-refractivity contribution >= 4 is 28.0 Å². The Labute approximate surface area is 89.0 Å². The fraction of sp³-hybridized carbons (Fsp3) is 0.200. The molecule has 0 aromatic heterocycles. The number of fused-ring (bicyclic) bond motifs is 1. The van der Waals surface area contributed by atoms with Gasteiger partial charge in [-0.3, -0.25) is 0 Å². The minimum Gasteiger partial charge on any atom is -0.219 e. The number of benzene rings is 1. The van der Waals surface area contributed by atoms with Gasteiger partial charge in [-0.2, -0.15) is 12.6 Å². The predicted molar refractivity (Wildman–Crippen MR) is 60.2 cm³/mol. The van der Waals surface area contributed by atoms with Gasteiger partial charge >= 0.3 is 0 Å². The van der Waals surface area contributed by atoms with Crippen molar-refractivity contribution in [3.05, 3.63) is 34.7 Å². The Kier molecular flexibility index (Phi) is 2.20. The van der Waals surface area contributed by atoms with E-state index in [9.17, 15) is 8.42 Å². The molecule has 0 bridgehead atoms. The summed E-state index contributed by atoms with van der Waals surface area (Å²) in [7, 11) is -3.21. The fourth-order valence-electron chi connectivity index (χ4n) is 1.72. The fourth-order valence-corrected chi connectivity index (χ4v) is 3.83. The average molecular weight is 226 g/mol. The molecule has 1 aromatic carbocycles. The van der Waals surface area contributed by atoms with Crippen molar-refractivity contribution in [1.29, 1.82) is 0 Å². The van der Waals surface area contributed by atoms with Gasteiger partial charge in [-0.25, -0.2) is 8.42 Å². The Morgan fingerprint density at radius 1 is 1.36 bits per heavy atom. The van der Waals surface area contributed by atoms with E-state index in [0.29, 0.717) is 10.6 Å². The van der Waals surface area contributed by atoms with Gasteiger partial charge in [-0.05, 0) is 23.6 Å². The highest BCUT2D eigenvalue weighted by Gasteiger charge is 2.27. The van der Waals surface area contributed by atoms with Crippen LogP contribution in [0, 0.1) is 6.92 Å². The molecule has 0 atom stereocenters. The first-order chi connectivity index (χ1) is 6.56. The first kappa shape index (κ1) is 9.80. The van der Waals surface area contributed by atoms with Gasteiger partial charge in [-0.15, -0.1) is 0 Å². The van der Waals surface area contributed by atoms with Gasteiger partial charge in [0.2, 0.25) is 9.84 Å². The highest BCUT2D eigenvalue weighted by Crippen LogP contribution is 2.35. The van der Waals surface area contributed by atoms with Crippen LogP contribution in [0.1, 0.15) is 11.1 Å². The van der Waals surface area contributed by atoms with E-state index in [2.05, 4.69) is 12.6 Å². The van der Waals surface area contributed by atoms with Crippen LogP contribution in [-0.4, -0.2) is 14.2 Å². The lowest BCUT2D eigenvalue weighted by molar-refractivity contribution is 0.605. The quantitative estimate of drug-likeness (QED) is 0.744. The van der Waals surface area contributed by atoms with Crippen molar-refractivity contribution in [3.8, 4) is 0 Å². The Hall–Kier alpha value is -0.740. The van der Waals surface area contributed by atoms with Crippen molar-refractivity contribution < 1.29 is 8.42 Å². The third kappa shape index (κ3) is 1.29. The van der Waals surface area contributed by atoms with Gasteiger partial charge in [0.15, 0.2) is 0 Å². The van der Waals surface area contributed by atoms with Gasteiger partial charge in [0, 0.05) is 11.2 Å². The molecule has 74 valence electrons. The zero-order valence-electron chi connectivity index (χ0n) is 7.69. The lowest BCUT2D eigenvalue weighted by Crippen LogP contribution is -1.96. The standard InChI is InChI=1S/C10H10O2S2/c1-7-3-2-4-9-8(5-13)6-14(11,12)10(7)9/h2-4,6,13H,5H2,1H3. The van der Waals surface area contributed by atoms with E-state index < -0.39 is 9.84 Å². The van der Waals surface area contributed by atoms with E-state index in [1.807, 2.05) is 25.1 Å². The molecular weight excluding hydrogens is 216 g/mol. The van der Waals surface area contributed by atoms with Crippen molar-refractivity contribution in [3.63, 3.8) is 0 Å². The summed E-state index contributed by atoms with van der Waals surface area (Å²) in [6.07, 6.45) is 0. The van der Waals surface area contributed by atoms with Crippen LogP contribution in [-0.2, 0) is 9.84 Å². The second kappa shape index (κ2) is 3.14. The Morgan fingerprint density at radius 3 is 2.71 bits per heavy atom. The molecule has 0 aliphatic carbocycles. The second-order valence-corrected chi connectivity index (χ2v) is 5.35. The lowest BCUT2D eigenvalue weighted by Gasteiger charge is -2.03. The summed E-state index contributed by atoms with van der Waals surface area (Å²) in [6.45, 7) is 1.81. The van der Waals surface area contributed by atoms with Crippen LogP contribution in [0.3, 0.4) is 0 Å². The number of sulfone groups is 1. The first-order valence-electron chi connectivity index (χ1n) is 4.23. The van der Waals surface area contributed by atoms with Crippen LogP contribution in [0.15, 0.2) is 28.5 Å². The smallest absolute Gasteiger partial charge is 0.201 e. The van der Waals surface area contributed by atoms with E-state index >= 15 is 0 Å². The molecule has 2 nitrogen and oxygen atoms in total. The average Bonchev–Trinajstić information content (AvgIpc) is 2.39. The molecular formula is C10H10O2S2. The van der Waals surface area contributed by atoms with Crippen molar-refractivity contribution in [2.45, 2.75) is 11.8 Å². The number of hydrogen-bond acceptors (Lipinski definition) is 3. The van der Waals surface area contributed by atoms with Gasteiger partial charge in [0.25, 0.3) is 0 Å². The maximum atomic E-state index is 11.7. The molecule has 14 heavy (non-hydrogen) atoms. The summed E-state index contributed by atoms with van der Waals surface area (Å²) in [4.78, 5) is 0.448. The minimum atomic E-state index is -3.21. The molecule has 0 unspecified atom stereocenters. The Bertz CT molecular complexity index is 513. The topological polar surface area (TPSA) is 34.1 Å². The third-order valence-corrected chi connectivity index (χ3v) is 4.36.